The second kappa shape index (κ2) is 6.14. The normalized spacial score (nSPS) is 15.1. The third-order valence-electron chi connectivity index (χ3n) is 4.10. The lowest BCUT2D eigenvalue weighted by Crippen LogP contribution is -2.37. The SMILES string of the molecule is Clc1ccc(-c2nnc(N3CCOCC3)c3ccccc23)cc1. The highest BCUT2D eigenvalue weighted by Crippen LogP contribution is 2.32. The summed E-state index contributed by atoms with van der Waals surface area (Å²) >= 11 is 5.99. The van der Waals surface area contributed by atoms with E-state index in [4.69, 9.17) is 16.3 Å². The summed E-state index contributed by atoms with van der Waals surface area (Å²) in [6.07, 6.45) is 0. The van der Waals surface area contributed by atoms with Gasteiger partial charge in [-0.15, -0.1) is 10.2 Å². The van der Waals surface area contributed by atoms with E-state index in [2.05, 4.69) is 27.2 Å². The molecule has 1 aliphatic heterocycles. The van der Waals surface area contributed by atoms with Crippen LogP contribution in [0.4, 0.5) is 5.82 Å². The van der Waals surface area contributed by atoms with Gasteiger partial charge in [0.05, 0.1) is 13.2 Å². The van der Waals surface area contributed by atoms with Crippen LogP contribution in [0.5, 0.6) is 0 Å². The molecule has 3 aromatic rings. The molecule has 0 atom stereocenters. The second-order valence-corrected chi connectivity index (χ2v) is 5.96. The van der Waals surface area contributed by atoms with Crippen LogP contribution >= 0.6 is 11.6 Å². The Morgan fingerprint density at radius 1 is 0.870 bits per heavy atom. The van der Waals surface area contributed by atoms with E-state index in [1.54, 1.807) is 0 Å². The molecule has 1 aliphatic rings. The molecule has 0 amide bonds. The first kappa shape index (κ1) is 14.4. The average molecular weight is 326 g/mol. The zero-order chi connectivity index (χ0) is 15.6. The summed E-state index contributed by atoms with van der Waals surface area (Å²) in [5.74, 6) is 0.932. The third kappa shape index (κ3) is 2.76. The largest absolute Gasteiger partial charge is 0.378 e. The maximum absolute atomic E-state index is 5.99. The quantitative estimate of drug-likeness (QED) is 0.718. The summed E-state index contributed by atoms with van der Waals surface area (Å²) in [6, 6.07) is 16.0. The number of aromatic nitrogens is 2. The fraction of sp³-hybridized carbons (Fsp3) is 0.222. The lowest BCUT2D eigenvalue weighted by molar-refractivity contribution is 0.122. The van der Waals surface area contributed by atoms with Gasteiger partial charge in [-0.25, -0.2) is 0 Å². The van der Waals surface area contributed by atoms with Gasteiger partial charge in [0.25, 0.3) is 0 Å². The van der Waals surface area contributed by atoms with E-state index in [1.807, 2.05) is 36.4 Å². The lowest BCUT2D eigenvalue weighted by Gasteiger charge is -2.28. The average Bonchev–Trinajstić information content (AvgIpc) is 2.62. The first-order chi connectivity index (χ1) is 11.3. The van der Waals surface area contributed by atoms with E-state index in [-0.39, 0.29) is 0 Å². The van der Waals surface area contributed by atoms with Crippen molar-refractivity contribution in [1.82, 2.24) is 10.2 Å². The molecule has 4 rings (SSSR count). The smallest absolute Gasteiger partial charge is 0.159 e. The van der Waals surface area contributed by atoms with Crippen LogP contribution in [0.25, 0.3) is 22.0 Å². The fourth-order valence-electron chi connectivity index (χ4n) is 2.92. The standard InChI is InChI=1S/C18H16ClN3O/c19-14-7-5-13(6-8-14)17-15-3-1-2-4-16(15)18(21-20-17)22-9-11-23-12-10-22/h1-8H,9-12H2. The minimum atomic E-state index is 0.718. The summed E-state index contributed by atoms with van der Waals surface area (Å²) in [6.45, 7) is 3.15. The first-order valence-corrected chi connectivity index (χ1v) is 8.05. The highest BCUT2D eigenvalue weighted by Gasteiger charge is 2.18. The number of rotatable bonds is 2. The van der Waals surface area contributed by atoms with Gasteiger partial charge in [0.2, 0.25) is 0 Å². The Hall–Kier alpha value is -2.17. The van der Waals surface area contributed by atoms with Crippen LogP contribution in [0.15, 0.2) is 48.5 Å². The van der Waals surface area contributed by atoms with Crippen LogP contribution in [0.2, 0.25) is 5.02 Å². The van der Waals surface area contributed by atoms with Crippen molar-refractivity contribution in [2.45, 2.75) is 0 Å². The highest BCUT2D eigenvalue weighted by molar-refractivity contribution is 6.30. The van der Waals surface area contributed by atoms with Crippen LogP contribution in [0.3, 0.4) is 0 Å². The van der Waals surface area contributed by atoms with Gasteiger partial charge in [0, 0.05) is 34.4 Å². The molecule has 1 aromatic heterocycles. The number of hydrogen-bond donors (Lipinski definition) is 0. The predicted octanol–water partition coefficient (Wildman–Crippen LogP) is 3.79. The van der Waals surface area contributed by atoms with Crippen LogP contribution < -0.4 is 4.90 Å². The van der Waals surface area contributed by atoms with Crippen LogP contribution in [0.1, 0.15) is 0 Å². The summed E-state index contributed by atoms with van der Waals surface area (Å²) in [4.78, 5) is 2.24. The molecule has 0 saturated carbocycles. The van der Waals surface area contributed by atoms with Crippen molar-refractivity contribution in [3.63, 3.8) is 0 Å². The number of ether oxygens (including phenoxy) is 1. The van der Waals surface area contributed by atoms with Gasteiger partial charge in [-0.1, -0.05) is 48.0 Å². The molecule has 116 valence electrons. The fourth-order valence-corrected chi connectivity index (χ4v) is 3.05. The summed E-state index contributed by atoms with van der Waals surface area (Å²) in [7, 11) is 0. The van der Waals surface area contributed by atoms with E-state index in [0.717, 1.165) is 59.2 Å². The Bertz CT molecular complexity index is 829. The Labute approximate surface area is 139 Å². The Morgan fingerprint density at radius 3 is 2.30 bits per heavy atom. The summed E-state index contributed by atoms with van der Waals surface area (Å²) in [5, 5.41) is 12.0. The third-order valence-corrected chi connectivity index (χ3v) is 4.35. The maximum atomic E-state index is 5.99. The van der Waals surface area contributed by atoms with Crippen LogP contribution in [0, 0.1) is 0 Å². The second-order valence-electron chi connectivity index (χ2n) is 5.52. The molecule has 0 radical (unpaired) electrons. The van der Waals surface area contributed by atoms with Gasteiger partial charge in [-0.3, -0.25) is 0 Å². The monoisotopic (exact) mass is 325 g/mol. The molecule has 1 fully saturated rings. The molecule has 0 bridgehead atoms. The van der Waals surface area contributed by atoms with Crippen molar-refractivity contribution < 1.29 is 4.74 Å². The maximum Gasteiger partial charge on any atom is 0.159 e. The van der Waals surface area contributed by atoms with Crippen molar-refractivity contribution in [2.75, 3.05) is 31.2 Å². The molecular formula is C18H16ClN3O. The van der Waals surface area contributed by atoms with E-state index >= 15 is 0 Å². The molecular weight excluding hydrogens is 310 g/mol. The van der Waals surface area contributed by atoms with Crippen molar-refractivity contribution in [2.24, 2.45) is 0 Å². The lowest BCUT2D eigenvalue weighted by atomic mass is 10.0. The Kier molecular flexibility index (Phi) is 3.85. The molecule has 0 aliphatic carbocycles. The number of nitrogens with zero attached hydrogens (tertiary/aromatic N) is 3. The zero-order valence-corrected chi connectivity index (χ0v) is 13.3. The van der Waals surface area contributed by atoms with Gasteiger partial charge in [0.1, 0.15) is 5.69 Å². The van der Waals surface area contributed by atoms with E-state index in [9.17, 15) is 0 Å². The Balaban J connectivity index is 1.86. The summed E-state index contributed by atoms with van der Waals surface area (Å²) in [5.41, 5.74) is 1.90. The van der Waals surface area contributed by atoms with E-state index in [1.165, 1.54) is 0 Å². The predicted molar refractivity (Wildman–Crippen MR) is 93.0 cm³/mol. The zero-order valence-electron chi connectivity index (χ0n) is 12.6. The van der Waals surface area contributed by atoms with Gasteiger partial charge < -0.3 is 9.64 Å². The van der Waals surface area contributed by atoms with Gasteiger partial charge in [-0.05, 0) is 12.1 Å². The van der Waals surface area contributed by atoms with Gasteiger partial charge in [-0.2, -0.15) is 0 Å². The van der Waals surface area contributed by atoms with Gasteiger partial charge in [0.15, 0.2) is 5.82 Å². The van der Waals surface area contributed by atoms with Crippen molar-refractivity contribution >= 4 is 28.2 Å². The molecule has 0 unspecified atom stereocenters. The molecule has 1 saturated heterocycles. The molecule has 5 heteroatoms. The number of morpholine rings is 1. The van der Waals surface area contributed by atoms with Crippen molar-refractivity contribution in [3.05, 3.63) is 53.6 Å². The first-order valence-electron chi connectivity index (χ1n) is 7.67. The molecule has 23 heavy (non-hydrogen) atoms. The number of hydrogen-bond acceptors (Lipinski definition) is 4. The number of benzene rings is 2. The molecule has 2 heterocycles. The van der Waals surface area contributed by atoms with Crippen molar-refractivity contribution in [3.8, 4) is 11.3 Å². The molecule has 2 aromatic carbocycles. The Morgan fingerprint density at radius 2 is 1.57 bits per heavy atom. The summed E-state index contributed by atoms with van der Waals surface area (Å²) < 4.78 is 5.44. The number of fused-ring (bicyclic) bond motifs is 1. The molecule has 4 nitrogen and oxygen atoms in total. The topological polar surface area (TPSA) is 38.2 Å². The van der Waals surface area contributed by atoms with Gasteiger partial charge >= 0.3 is 0 Å². The van der Waals surface area contributed by atoms with E-state index in [0.29, 0.717) is 0 Å². The number of anilines is 1. The van der Waals surface area contributed by atoms with Crippen molar-refractivity contribution in [1.29, 1.82) is 0 Å². The minimum Gasteiger partial charge on any atom is -0.378 e. The molecule has 0 N–H and O–H groups in total. The number of halogens is 1. The van der Waals surface area contributed by atoms with E-state index < -0.39 is 0 Å². The minimum absolute atomic E-state index is 0.718. The van der Waals surface area contributed by atoms with Crippen LogP contribution in [-0.2, 0) is 4.74 Å². The highest BCUT2D eigenvalue weighted by atomic mass is 35.5. The molecule has 0 spiro atoms. The van der Waals surface area contributed by atoms with Crippen LogP contribution in [-0.4, -0.2) is 36.5 Å².